The maximum Gasteiger partial charge on any atom is 0.326 e. The summed E-state index contributed by atoms with van der Waals surface area (Å²) in [5.74, 6) is -0.827. The van der Waals surface area contributed by atoms with E-state index in [1.807, 2.05) is 39.8 Å². The lowest BCUT2D eigenvalue weighted by Gasteiger charge is -2.17. The second-order valence-electron chi connectivity index (χ2n) is 5.42. The van der Waals surface area contributed by atoms with Gasteiger partial charge in [0.1, 0.15) is 6.04 Å². The van der Waals surface area contributed by atoms with E-state index in [0.29, 0.717) is 12.1 Å². The molecule has 0 saturated heterocycles. The van der Waals surface area contributed by atoms with E-state index in [1.54, 1.807) is 6.07 Å². The molecule has 1 aromatic carbocycles. The molecule has 0 fully saturated rings. The second kappa shape index (κ2) is 6.93. The number of hydrogen-bond acceptors (Lipinski definition) is 2. The van der Waals surface area contributed by atoms with E-state index < -0.39 is 18.0 Å². The number of aliphatic carboxylic acids is 1. The topological polar surface area (TPSA) is 78.4 Å². The van der Waals surface area contributed by atoms with Crippen molar-refractivity contribution >= 4 is 17.7 Å². The molecular weight excluding hydrogens is 256 g/mol. The number of amides is 2. The Morgan fingerprint density at radius 1 is 1.20 bits per heavy atom. The molecule has 0 bridgehead atoms. The van der Waals surface area contributed by atoms with Crippen LogP contribution in [0.4, 0.5) is 10.5 Å². The van der Waals surface area contributed by atoms with Crippen molar-refractivity contribution in [2.45, 2.75) is 40.2 Å². The molecule has 0 heterocycles. The van der Waals surface area contributed by atoms with Crippen LogP contribution in [0, 0.1) is 19.8 Å². The normalized spacial score (nSPS) is 12.1. The number of nitrogens with one attached hydrogen (secondary N) is 2. The zero-order valence-electron chi connectivity index (χ0n) is 12.4. The van der Waals surface area contributed by atoms with Gasteiger partial charge in [-0.25, -0.2) is 9.59 Å². The summed E-state index contributed by atoms with van der Waals surface area (Å²) < 4.78 is 0. The first-order valence-corrected chi connectivity index (χ1v) is 6.67. The fourth-order valence-corrected chi connectivity index (χ4v) is 1.84. The smallest absolute Gasteiger partial charge is 0.326 e. The number of carboxylic acid groups (broad SMARTS) is 1. The Balaban J connectivity index is 2.65. The first-order chi connectivity index (χ1) is 9.29. The Kier molecular flexibility index (Phi) is 5.55. The molecular formula is C15H22N2O3. The maximum atomic E-state index is 11.8. The van der Waals surface area contributed by atoms with Gasteiger partial charge >= 0.3 is 12.0 Å². The Morgan fingerprint density at radius 2 is 1.85 bits per heavy atom. The van der Waals surface area contributed by atoms with E-state index in [4.69, 9.17) is 5.11 Å². The summed E-state index contributed by atoms with van der Waals surface area (Å²) in [5.41, 5.74) is 2.86. The van der Waals surface area contributed by atoms with E-state index in [9.17, 15) is 9.59 Å². The first-order valence-electron chi connectivity index (χ1n) is 6.67. The highest BCUT2D eigenvalue weighted by Gasteiger charge is 2.20. The number of rotatable bonds is 5. The summed E-state index contributed by atoms with van der Waals surface area (Å²) in [7, 11) is 0. The number of aryl methyl sites for hydroxylation is 2. The van der Waals surface area contributed by atoms with Crippen molar-refractivity contribution in [3.8, 4) is 0 Å². The Labute approximate surface area is 119 Å². The minimum atomic E-state index is -1.02. The van der Waals surface area contributed by atoms with Crippen molar-refractivity contribution in [3.63, 3.8) is 0 Å². The van der Waals surface area contributed by atoms with Gasteiger partial charge in [-0.05, 0) is 49.4 Å². The van der Waals surface area contributed by atoms with Crippen LogP contribution in [0.3, 0.4) is 0 Å². The molecule has 0 aliphatic rings. The van der Waals surface area contributed by atoms with Gasteiger partial charge in [0.2, 0.25) is 0 Å². The molecule has 5 nitrogen and oxygen atoms in total. The number of carbonyl (C=O) groups excluding carboxylic acids is 1. The van der Waals surface area contributed by atoms with Crippen molar-refractivity contribution in [2.75, 3.05) is 5.32 Å². The quantitative estimate of drug-likeness (QED) is 0.775. The minimum Gasteiger partial charge on any atom is -0.480 e. The van der Waals surface area contributed by atoms with Crippen molar-refractivity contribution in [1.29, 1.82) is 0 Å². The van der Waals surface area contributed by atoms with Crippen LogP contribution in [-0.4, -0.2) is 23.1 Å². The average molecular weight is 278 g/mol. The third-order valence-corrected chi connectivity index (χ3v) is 3.08. The molecule has 0 unspecified atom stereocenters. The molecule has 2 amide bonds. The number of urea groups is 1. The van der Waals surface area contributed by atoms with Crippen LogP contribution in [-0.2, 0) is 4.79 Å². The Bertz CT molecular complexity index is 498. The fraction of sp³-hybridized carbons (Fsp3) is 0.467. The molecule has 0 aromatic heterocycles. The van der Waals surface area contributed by atoms with Gasteiger partial charge < -0.3 is 15.7 Å². The Hall–Kier alpha value is -2.04. The predicted molar refractivity (Wildman–Crippen MR) is 78.9 cm³/mol. The molecule has 0 radical (unpaired) electrons. The molecule has 3 N–H and O–H groups in total. The van der Waals surface area contributed by atoms with Gasteiger partial charge in [0.15, 0.2) is 0 Å². The molecule has 0 saturated carbocycles. The molecule has 5 heteroatoms. The lowest BCUT2D eigenvalue weighted by Crippen LogP contribution is -2.43. The number of anilines is 1. The zero-order valence-corrected chi connectivity index (χ0v) is 12.4. The molecule has 0 aliphatic carbocycles. The number of benzene rings is 1. The molecule has 1 aromatic rings. The lowest BCUT2D eigenvalue weighted by atomic mass is 10.0. The summed E-state index contributed by atoms with van der Waals surface area (Å²) in [4.78, 5) is 22.9. The van der Waals surface area contributed by atoms with Gasteiger partial charge in [-0.15, -0.1) is 0 Å². The van der Waals surface area contributed by atoms with E-state index >= 15 is 0 Å². The van der Waals surface area contributed by atoms with Crippen LogP contribution < -0.4 is 10.6 Å². The summed E-state index contributed by atoms with van der Waals surface area (Å²) >= 11 is 0. The number of carbonyl (C=O) groups is 2. The van der Waals surface area contributed by atoms with Crippen molar-refractivity contribution < 1.29 is 14.7 Å². The predicted octanol–water partition coefficient (Wildman–Crippen LogP) is 2.92. The van der Waals surface area contributed by atoms with Gasteiger partial charge in [0, 0.05) is 5.69 Å². The van der Waals surface area contributed by atoms with Crippen LogP contribution in [0.1, 0.15) is 31.4 Å². The summed E-state index contributed by atoms with van der Waals surface area (Å²) in [5, 5.41) is 14.2. The van der Waals surface area contributed by atoms with Crippen molar-refractivity contribution in [2.24, 2.45) is 5.92 Å². The molecule has 0 spiro atoms. The highest BCUT2D eigenvalue weighted by atomic mass is 16.4. The summed E-state index contributed by atoms with van der Waals surface area (Å²) in [6.45, 7) is 7.78. The van der Waals surface area contributed by atoms with Crippen LogP contribution in [0.15, 0.2) is 18.2 Å². The maximum absolute atomic E-state index is 11.8. The number of carboxylic acids is 1. The summed E-state index contributed by atoms with van der Waals surface area (Å²) in [6, 6.07) is 4.18. The van der Waals surface area contributed by atoms with Crippen LogP contribution >= 0.6 is 0 Å². The summed E-state index contributed by atoms with van der Waals surface area (Å²) in [6.07, 6.45) is 0.398. The zero-order chi connectivity index (χ0) is 15.3. The third kappa shape index (κ3) is 4.91. The molecule has 0 aliphatic heterocycles. The standard InChI is InChI=1S/C15H22N2O3/c1-9(2)7-13(14(18)19)17-15(20)16-12-6-5-10(3)11(4)8-12/h5-6,8-9,13H,7H2,1-4H3,(H,18,19)(H2,16,17,20)/t13-/m0/s1. The van der Waals surface area contributed by atoms with E-state index in [2.05, 4.69) is 10.6 Å². The molecule has 1 atom stereocenters. The van der Waals surface area contributed by atoms with Crippen LogP contribution in [0.5, 0.6) is 0 Å². The third-order valence-electron chi connectivity index (χ3n) is 3.08. The lowest BCUT2D eigenvalue weighted by molar-refractivity contribution is -0.139. The highest BCUT2D eigenvalue weighted by molar-refractivity contribution is 5.92. The van der Waals surface area contributed by atoms with E-state index in [0.717, 1.165) is 11.1 Å². The van der Waals surface area contributed by atoms with Gasteiger partial charge in [0.05, 0.1) is 0 Å². The van der Waals surface area contributed by atoms with Gasteiger partial charge in [-0.3, -0.25) is 0 Å². The molecule has 1 rings (SSSR count). The minimum absolute atomic E-state index is 0.193. The van der Waals surface area contributed by atoms with E-state index in [-0.39, 0.29) is 5.92 Å². The van der Waals surface area contributed by atoms with Crippen molar-refractivity contribution in [1.82, 2.24) is 5.32 Å². The fourth-order valence-electron chi connectivity index (χ4n) is 1.84. The first kappa shape index (κ1) is 16.0. The SMILES string of the molecule is Cc1ccc(NC(=O)N[C@@H](CC(C)C)C(=O)O)cc1C. The van der Waals surface area contributed by atoms with Crippen LogP contribution in [0.2, 0.25) is 0 Å². The number of hydrogen-bond donors (Lipinski definition) is 3. The largest absolute Gasteiger partial charge is 0.480 e. The average Bonchev–Trinajstić information content (AvgIpc) is 2.32. The monoisotopic (exact) mass is 278 g/mol. The highest BCUT2D eigenvalue weighted by Crippen LogP contribution is 2.14. The van der Waals surface area contributed by atoms with Gasteiger partial charge in [-0.1, -0.05) is 19.9 Å². The molecule has 110 valence electrons. The molecule has 20 heavy (non-hydrogen) atoms. The van der Waals surface area contributed by atoms with E-state index in [1.165, 1.54) is 0 Å². The Morgan fingerprint density at radius 3 is 2.35 bits per heavy atom. The van der Waals surface area contributed by atoms with Crippen LogP contribution in [0.25, 0.3) is 0 Å². The van der Waals surface area contributed by atoms with Crippen molar-refractivity contribution in [3.05, 3.63) is 29.3 Å². The van der Waals surface area contributed by atoms with Gasteiger partial charge in [-0.2, -0.15) is 0 Å². The second-order valence-corrected chi connectivity index (χ2v) is 5.42. The van der Waals surface area contributed by atoms with Gasteiger partial charge in [0.25, 0.3) is 0 Å².